The molecule has 0 heterocycles. The van der Waals surface area contributed by atoms with Gasteiger partial charge < -0.3 is 15.3 Å². The molecular weight excluding hydrogens is 228 g/mol. The van der Waals surface area contributed by atoms with Crippen LogP contribution in [0.4, 0.5) is 0 Å². The molecule has 0 unspecified atom stereocenters. The van der Waals surface area contributed by atoms with Crippen molar-refractivity contribution >= 4 is 29.5 Å². The predicted molar refractivity (Wildman–Crippen MR) is 53.8 cm³/mol. The summed E-state index contributed by atoms with van der Waals surface area (Å²) in [5, 5.41) is 23.0. The standard InChI is InChI=1S/C4H4O4.C2H3Cl.C2H4O2/c5-3(6)1-2-4(7)8;1-2-3;1-2(3)4/h1-2H,(H,5,6)(H,7,8);2H,1H2;1H3,(H,3,4). The summed E-state index contributed by atoms with van der Waals surface area (Å²) < 4.78 is 0. The Labute approximate surface area is 91.1 Å². The minimum Gasteiger partial charge on any atom is -0.481 e. The van der Waals surface area contributed by atoms with Gasteiger partial charge in [-0.3, -0.25) is 4.79 Å². The zero-order valence-corrected chi connectivity index (χ0v) is 8.64. The van der Waals surface area contributed by atoms with Crippen LogP contribution in [0.25, 0.3) is 0 Å². The lowest BCUT2D eigenvalue weighted by atomic mass is 10.5. The van der Waals surface area contributed by atoms with Crippen molar-refractivity contribution in [2.45, 2.75) is 6.92 Å². The number of hydrogen-bond donors (Lipinski definition) is 3. The fourth-order valence-corrected chi connectivity index (χ4v) is 0.143. The molecule has 0 aliphatic carbocycles. The van der Waals surface area contributed by atoms with E-state index in [9.17, 15) is 9.59 Å². The highest BCUT2D eigenvalue weighted by Gasteiger charge is 1.88. The maximum atomic E-state index is 9.55. The van der Waals surface area contributed by atoms with Crippen LogP contribution in [0.2, 0.25) is 0 Å². The first-order valence-corrected chi connectivity index (χ1v) is 3.76. The molecule has 0 atom stereocenters. The summed E-state index contributed by atoms with van der Waals surface area (Å²) in [5.41, 5.74) is 1.22. The molecule has 86 valence electrons. The van der Waals surface area contributed by atoms with E-state index >= 15 is 0 Å². The van der Waals surface area contributed by atoms with Gasteiger partial charge in [-0.2, -0.15) is 0 Å². The Morgan fingerprint density at radius 1 is 1.07 bits per heavy atom. The van der Waals surface area contributed by atoms with Crippen LogP contribution < -0.4 is 0 Å². The second kappa shape index (κ2) is 14.7. The molecule has 6 nitrogen and oxygen atoms in total. The molecule has 0 aromatic carbocycles. The molecule has 0 aliphatic rings. The molecule has 0 rings (SSSR count). The molecule has 0 aliphatic heterocycles. The van der Waals surface area contributed by atoms with Crippen molar-refractivity contribution in [1.82, 2.24) is 0 Å². The summed E-state index contributed by atoms with van der Waals surface area (Å²) in [4.78, 5) is 28.1. The van der Waals surface area contributed by atoms with Crippen molar-refractivity contribution in [3.05, 3.63) is 24.3 Å². The van der Waals surface area contributed by atoms with Gasteiger partial charge in [-0.25, -0.2) is 9.59 Å². The molecule has 0 saturated carbocycles. The fourth-order valence-electron chi connectivity index (χ4n) is 0.143. The number of carboxylic acids is 3. The van der Waals surface area contributed by atoms with E-state index in [2.05, 4.69) is 6.58 Å². The van der Waals surface area contributed by atoms with Gasteiger partial charge in [0, 0.05) is 19.1 Å². The van der Waals surface area contributed by atoms with Crippen LogP contribution in [0.15, 0.2) is 24.3 Å². The summed E-state index contributed by atoms with van der Waals surface area (Å²) in [7, 11) is 0. The van der Waals surface area contributed by atoms with Crippen LogP contribution in [-0.4, -0.2) is 33.2 Å². The van der Waals surface area contributed by atoms with Gasteiger partial charge in [0.1, 0.15) is 0 Å². The first-order chi connectivity index (χ1) is 6.77. The lowest BCUT2D eigenvalue weighted by Crippen LogP contribution is -1.91. The molecule has 15 heavy (non-hydrogen) atoms. The van der Waals surface area contributed by atoms with Gasteiger partial charge in [-0.15, -0.1) is 0 Å². The van der Waals surface area contributed by atoms with Crippen molar-refractivity contribution in [3.8, 4) is 0 Å². The van der Waals surface area contributed by atoms with E-state index in [1.165, 1.54) is 5.54 Å². The molecular formula is C8H11ClO6. The average Bonchev–Trinajstić information content (AvgIpc) is 2.01. The van der Waals surface area contributed by atoms with E-state index in [1.807, 2.05) is 0 Å². The topological polar surface area (TPSA) is 112 Å². The van der Waals surface area contributed by atoms with Crippen LogP contribution in [0.5, 0.6) is 0 Å². The van der Waals surface area contributed by atoms with Gasteiger partial charge >= 0.3 is 11.9 Å². The third-order valence-corrected chi connectivity index (χ3v) is 0.368. The van der Waals surface area contributed by atoms with Gasteiger partial charge in [0.15, 0.2) is 0 Å². The van der Waals surface area contributed by atoms with Gasteiger partial charge in [0.05, 0.1) is 0 Å². The quantitative estimate of drug-likeness (QED) is 0.623. The van der Waals surface area contributed by atoms with Gasteiger partial charge in [0.25, 0.3) is 5.97 Å². The number of aliphatic carboxylic acids is 3. The summed E-state index contributed by atoms with van der Waals surface area (Å²) in [5.74, 6) is -3.35. The first kappa shape index (κ1) is 18.9. The molecule has 7 heteroatoms. The van der Waals surface area contributed by atoms with Crippen LogP contribution in [0.1, 0.15) is 6.92 Å². The largest absolute Gasteiger partial charge is 0.481 e. The van der Waals surface area contributed by atoms with E-state index in [4.69, 9.17) is 31.7 Å². The summed E-state index contributed by atoms with van der Waals surface area (Å²) >= 11 is 4.76. The van der Waals surface area contributed by atoms with Gasteiger partial charge in [0.2, 0.25) is 0 Å². The normalized spacial score (nSPS) is 7.60. The van der Waals surface area contributed by atoms with Crippen LogP contribution in [-0.2, 0) is 14.4 Å². The Morgan fingerprint density at radius 2 is 1.20 bits per heavy atom. The smallest absolute Gasteiger partial charge is 0.328 e. The van der Waals surface area contributed by atoms with E-state index in [1.54, 1.807) is 0 Å². The van der Waals surface area contributed by atoms with E-state index in [0.717, 1.165) is 6.92 Å². The minimum absolute atomic E-state index is 0.558. The van der Waals surface area contributed by atoms with Crippen molar-refractivity contribution in [2.24, 2.45) is 0 Å². The molecule has 3 N–H and O–H groups in total. The number of carbonyl (C=O) groups is 3. The second-order valence-electron chi connectivity index (χ2n) is 1.68. The molecule has 0 fully saturated rings. The Hall–Kier alpha value is -1.82. The lowest BCUT2D eigenvalue weighted by molar-refractivity contribution is -0.134. The fraction of sp³-hybridized carbons (Fsp3) is 0.125. The Kier molecular flexibility index (Phi) is 18.5. The summed E-state index contributed by atoms with van der Waals surface area (Å²) in [6.45, 7) is 4.21. The third kappa shape index (κ3) is 125. The highest BCUT2D eigenvalue weighted by Crippen LogP contribution is 1.70. The predicted octanol–water partition coefficient (Wildman–Crippen LogP) is 1.17. The molecule has 0 aromatic rings. The van der Waals surface area contributed by atoms with Crippen molar-refractivity contribution in [1.29, 1.82) is 0 Å². The van der Waals surface area contributed by atoms with E-state index in [-0.39, 0.29) is 0 Å². The number of hydrogen-bond acceptors (Lipinski definition) is 3. The highest BCUT2D eigenvalue weighted by atomic mass is 35.5. The van der Waals surface area contributed by atoms with Crippen molar-refractivity contribution in [2.75, 3.05) is 0 Å². The Morgan fingerprint density at radius 3 is 1.27 bits per heavy atom. The maximum absolute atomic E-state index is 9.55. The average molecular weight is 239 g/mol. The van der Waals surface area contributed by atoms with Gasteiger partial charge in [-0.05, 0) is 5.54 Å². The molecule has 0 spiro atoms. The van der Waals surface area contributed by atoms with Crippen LogP contribution in [0, 0.1) is 0 Å². The molecule has 0 saturated heterocycles. The lowest BCUT2D eigenvalue weighted by Gasteiger charge is -1.74. The van der Waals surface area contributed by atoms with Crippen LogP contribution >= 0.6 is 11.6 Å². The van der Waals surface area contributed by atoms with E-state index in [0.29, 0.717) is 12.2 Å². The maximum Gasteiger partial charge on any atom is 0.328 e. The third-order valence-electron chi connectivity index (χ3n) is 0.368. The molecule has 0 aromatic heterocycles. The van der Waals surface area contributed by atoms with Crippen molar-refractivity contribution in [3.63, 3.8) is 0 Å². The van der Waals surface area contributed by atoms with Gasteiger partial charge in [-0.1, -0.05) is 18.2 Å². The first-order valence-electron chi connectivity index (χ1n) is 3.32. The molecule has 0 bridgehead atoms. The zero-order chi connectivity index (χ0) is 12.9. The summed E-state index contributed by atoms with van der Waals surface area (Å²) in [6, 6.07) is 0. The molecule has 0 amide bonds. The second-order valence-corrected chi connectivity index (χ2v) is 1.99. The van der Waals surface area contributed by atoms with E-state index < -0.39 is 17.9 Å². The highest BCUT2D eigenvalue weighted by molar-refractivity contribution is 6.25. The van der Waals surface area contributed by atoms with Crippen LogP contribution in [0.3, 0.4) is 0 Å². The Bertz CT molecular complexity index is 226. The Balaban J connectivity index is -0.000000173. The number of halogens is 1. The summed E-state index contributed by atoms with van der Waals surface area (Å²) in [6.07, 6.45) is 1.12. The SMILES string of the molecule is C=CCl.CC(=O)O.O=C(O)C=CC(=O)O. The minimum atomic E-state index is -1.26. The number of rotatable bonds is 2. The monoisotopic (exact) mass is 238 g/mol. The zero-order valence-electron chi connectivity index (χ0n) is 7.88. The van der Waals surface area contributed by atoms with Crippen molar-refractivity contribution < 1.29 is 29.7 Å². The number of carboxylic acid groups (broad SMARTS) is 3. The molecule has 0 radical (unpaired) electrons.